The molecule has 19 heavy (non-hydrogen) atoms. The smallest absolute Gasteiger partial charge is 0.329 e. The van der Waals surface area contributed by atoms with Crippen LogP contribution in [0.25, 0.3) is 0 Å². The third kappa shape index (κ3) is 5.89. The summed E-state index contributed by atoms with van der Waals surface area (Å²) < 4.78 is 9.86. The average molecular weight is 276 g/mol. The number of hydrogen-bond donors (Lipinski definition) is 2. The van der Waals surface area contributed by atoms with Gasteiger partial charge in [-0.15, -0.1) is 0 Å². The Morgan fingerprint density at radius 2 is 1.68 bits per heavy atom. The van der Waals surface area contributed by atoms with Gasteiger partial charge in [0.05, 0.1) is 13.2 Å². The number of carbonyl (C=O) groups excluding carboxylic acids is 1. The number of urea groups is 1. The zero-order valence-corrected chi connectivity index (χ0v) is 12.1. The van der Waals surface area contributed by atoms with Crippen LogP contribution >= 0.6 is 0 Å². The summed E-state index contributed by atoms with van der Waals surface area (Å²) in [4.78, 5) is 24.7. The van der Waals surface area contributed by atoms with E-state index >= 15 is 0 Å². The van der Waals surface area contributed by atoms with Crippen LogP contribution in [0.5, 0.6) is 0 Å². The first kappa shape index (κ1) is 17.7. The van der Waals surface area contributed by atoms with Gasteiger partial charge in [0, 0.05) is 27.3 Å². The largest absolute Gasteiger partial charge is 0.480 e. The van der Waals surface area contributed by atoms with Crippen molar-refractivity contribution in [3.05, 3.63) is 0 Å². The van der Waals surface area contributed by atoms with Crippen molar-refractivity contribution in [2.45, 2.75) is 25.8 Å². The van der Waals surface area contributed by atoms with Crippen LogP contribution in [0.15, 0.2) is 0 Å². The number of ether oxygens (including phenoxy) is 2. The van der Waals surface area contributed by atoms with E-state index in [1.54, 1.807) is 21.1 Å². The highest BCUT2D eigenvalue weighted by Crippen LogP contribution is 2.10. The van der Waals surface area contributed by atoms with Crippen molar-refractivity contribution in [3.8, 4) is 0 Å². The van der Waals surface area contributed by atoms with Crippen molar-refractivity contribution in [3.63, 3.8) is 0 Å². The van der Waals surface area contributed by atoms with Gasteiger partial charge in [0.1, 0.15) is 5.54 Å². The van der Waals surface area contributed by atoms with Crippen molar-refractivity contribution in [2.75, 3.05) is 40.5 Å². The number of nitrogens with one attached hydrogen (secondary N) is 1. The summed E-state index contributed by atoms with van der Waals surface area (Å²) in [7, 11) is 3.08. The maximum atomic E-state index is 12.1. The molecule has 1 atom stereocenters. The highest BCUT2D eigenvalue weighted by molar-refractivity contribution is 5.85. The molecule has 0 aliphatic heterocycles. The maximum absolute atomic E-state index is 12.1. The van der Waals surface area contributed by atoms with Crippen LogP contribution in [0.2, 0.25) is 0 Å². The minimum atomic E-state index is -1.27. The lowest BCUT2D eigenvalue weighted by molar-refractivity contribution is -0.143. The van der Waals surface area contributed by atoms with Crippen molar-refractivity contribution in [1.82, 2.24) is 10.2 Å². The summed E-state index contributed by atoms with van der Waals surface area (Å²) >= 11 is 0. The van der Waals surface area contributed by atoms with Crippen LogP contribution in [0.3, 0.4) is 0 Å². The van der Waals surface area contributed by atoms with Gasteiger partial charge in [-0.25, -0.2) is 9.59 Å². The van der Waals surface area contributed by atoms with E-state index in [1.165, 1.54) is 11.8 Å². The molecule has 0 spiro atoms. The standard InChI is InChI=1S/C12H24N2O5/c1-5-12(2,10(15)16)13-11(17)14(6-8-18-3)7-9-19-4/h5-9H2,1-4H3,(H,13,17)(H,15,16). The second kappa shape index (κ2) is 8.71. The predicted molar refractivity (Wildman–Crippen MR) is 70.2 cm³/mol. The van der Waals surface area contributed by atoms with Crippen LogP contribution in [0.1, 0.15) is 20.3 Å². The molecule has 0 radical (unpaired) electrons. The first-order chi connectivity index (χ1) is 8.91. The molecular weight excluding hydrogens is 252 g/mol. The number of amides is 2. The summed E-state index contributed by atoms with van der Waals surface area (Å²) in [6.45, 7) is 4.72. The molecule has 0 heterocycles. The molecule has 0 rings (SSSR count). The molecule has 0 aromatic carbocycles. The first-order valence-corrected chi connectivity index (χ1v) is 6.19. The second-order valence-electron chi connectivity index (χ2n) is 4.39. The fraction of sp³-hybridized carbons (Fsp3) is 0.833. The number of carbonyl (C=O) groups is 2. The van der Waals surface area contributed by atoms with Crippen LogP contribution in [-0.4, -0.2) is 68.1 Å². The van der Waals surface area contributed by atoms with Crippen LogP contribution in [-0.2, 0) is 14.3 Å². The molecule has 0 aromatic heterocycles. The Morgan fingerprint density at radius 1 is 1.21 bits per heavy atom. The highest BCUT2D eigenvalue weighted by Gasteiger charge is 2.34. The van der Waals surface area contributed by atoms with E-state index in [1.807, 2.05) is 0 Å². The molecule has 0 aromatic rings. The predicted octanol–water partition coefficient (Wildman–Crippen LogP) is 0.544. The van der Waals surface area contributed by atoms with Gasteiger partial charge in [0.15, 0.2) is 0 Å². The van der Waals surface area contributed by atoms with E-state index < -0.39 is 17.5 Å². The fourth-order valence-electron chi connectivity index (χ4n) is 1.33. The fourth-order valence-corrected chi connectivity index (χ4v) is 1.33. The molecule has 7 nitrogen and oxygen atoms in total. The molecule has 0 saturated heterocycles. The monoisotopic (exact) mass is 276 g/mol. The summed E-state index contributed by atoms with van der Waals surface area (Å²) in [5, 5.41) is 11.7. The van der Waals surface area contributed by atoms with Gasteiger partial charge in [0.2, 0.25) is 0 Å². The van der Waals surface area contributed by atoms with Gasteiger partial charge in [-0.05, 0) is 13.3 Å². The van der Waals surface area contributed by atoms with Gasteiger partial charge in [0.25, 0.3) is 0 Å². The van der Waals surface area contributed by atoms with E-state index in [9.17, 15) is 9.59 Å². The minimum absolute atomic E-state index is 0.302. The quantitative estimate of drug-likeness (QED) is 0.642. The number of carboxylic acids is 1. The summed E-state index contributed by atoms with van der Waals surface area (Å²) in [6, 6.07) is -0.430. The number of nitrogens with zero attached hydrogens (tertiary/aromatic N) is 1. The maximum Gasteiger partial charge on any atom is 0.329 e. The Kier molecular flexibility index (Phi) is 8.09. The van der Waals surface area contributed by atoms with Crippen LogP contribution in [0, 0.1) is 0 Å². The Morgan fingerprint density at radius 3 is 2.00 bits per heavy atom. The molecule has 7 heteroatoms. The van der Waals surface area contributed by atoms with Gasteiger partial charge >= 0.3 is 12.0 Å². The molecule has 0 bridgehead atoms. The number of aliphatic carboxylic acids is 1. The van der Waals surface area contributed by atoms with E-state index in [0.717, 1.165) is 0 Å². The minimum Gasteiger partial charge on any atom is -0.480 e. The van der Waals surface area contributed by atoms with Gasteiger partial charge in [-0.2, -0.15) is 0 Å². The van der Waals surface area contributed by atoms with Gasteiger partial charge in [-0.3, -0.25) is 0 Å². The van der Waals surface area contributed by atoms with Crippen LogP contribution < -0.4 is 5.32 Å². The number of carboxylic acid groups (broad SMARTS) is 1. The van der Waals surface area contributed by atoms with Crippen molar-refractivity contribution in [2.24, 2.45) is 0 Å². The molecule has 0 fully saturated rings. The Balaban J connectivity index is 4.64. The van der Waals surface area contributed by atoms with Crippen LogP contribution in [0.4, 0.5) is 4.79 Å². The van der Waals surface area contributed by atoms with Gasteiger partial charge < -0.3 is 24.8 Å². The Hall–Kier alpha value is -1.34. The SMILES string of the molecule is CCC(C)(NC(=O)N(CCOC)CCOC)C(=O)O. The lowest BCUT2D eigenvalue weighted by Gasteiger charge is -2.29. The van der Waals surface area contributed by atoms with E-state index in [-0.39, 0.29) is 0 Å². The zero-order valence-electron chi connectivity index (χ0n) is 12.1. The molecule has 0 aliphatic rings. The first-order valence-electron chi connectivity index (χ1n) is 6.19. The number of hydrogen-bond acceptors (Lipinski definition) is 4. The van der Waals surface area contributed by atoms with Gasteiger partial charge in [-0.1, -0.05) is 6.92 Å². The molecule has 1 unspecified atom stereocenters. The average Bonchev–Trinajstić information content (AvgIpc) is 2.38. The van der Waals surface area contributed by atoms with Crippen molar-refractivity contribution in [1.29, 1.82) is 0 Å². The third-order valence-corrected chi connectivity index (χ3v) is 2.98. The zero-order chi connectivity index (χ0) is 14.9. The molecule has 112 valence electrons. The van der Waals surface area contributed by atoms with E-state index in [4.69, 9.17) is 14.6 Å². The molecular formula is C12H24N2O5. The summed E-state index contributed by atoms with van der Waals surface area (Å²) in [5.74, 6) is -1.05. The summed E-state index contributed by atoms with van der Waals surface area (Å²) in [5.41, 5.74) is -1.27. The Bertz CT molecular complexity index is 290. The lowest BCUT2D eigenvalue weighted by atomic mass is 10.00. The molecule has 0 aliphatic carbocycles. The second-order valence-corrected chi connectivity index (χ2v) is 4.39. The van der Waals surface area contributed by atoms with E-state index in [2.05, 4.69) is 5.32 Å². The van der Waals surface area contributed by atoms with Crippen molar-refractivity contribution >= 4 is 12.0 Å². The van der Waals surface area contributed by atoms with E-state index in [0.29, 0.717) is 32.7 Å². The number of methoxy groups -OCH3 is 2. The molecule has 0 saturated carbocycles. The third-order valence-electron chi connectivity index (χ3n) is 2.98. The highest BCUT2D eigenvalue weighted by atomic mass is 16.5. The Labute approximate surface area is 113 Å². The number of rotatable bonds is 9. The molecule has 2 amide bonds. The normalized spacial score (nSPS) is 13.7. The lowest BCUT2D eigenvalue weighted by Crippen LogP contribution is -2.56. The van der Waals surface area contributed by atoms with Crippen molar-refractivity contribution < 1.29 is 24.2 Å². The topological polar surface area (TPSA) is 88.1 Å². The molecule has 2 N–H and O–H groups in total. The summed E-state index contributed by atoms with van der Waals surface area (Å²) in [6.07, 6.45) is 0.302.